The van der Waals surface area contributed by atoms with Crippen molar-refractivity contribution in [2.45, 2.75) is 34.7 Å². The molecule has 0 saturated carbocycles. The largest absolute Gasteiger partial charge is 0.495 e. The lowest BCUT2D eigenvalue weighted by atomic mass is 10.1. The standard InChI is InChI=1S/C15H22N2O3.C14H5Cl3F2N2O2S/c1-16-9-12-7-14(15(20-3)8-13(12)10-16)17(11-18)5-4-6-19-2;15-8-2-1-6(4-20)11(16)12(8)24-9-3-10(14(17,18)19)21-13(23)7(9)5-22/h7-8,11H,4-6,9-10H2,1-3H3;1-3,5H,(H,21,23). The quantitative estimate of drug-likeness (QED) is 0.139. The van der Waals surface area contributed by atoms with E-state index in [1.54, 1.807) is 19.1 Å². The number of carbonyl (C=O) groups is 2. The summed E-state index contributed by atoms with van der Waals surface area (Å²) in [4.78, 5) is 40.1. The molecule has 234 valence electrons. The SMILES string of the molecule is COCCCN(C=O)c1cc2c(cc1OC)CN(C)C2.N#Cc1ccc(Cl)c(Sc2cc(C(F)(F)Cl)[nH]c(=O)c2C=O)c1Cl. The van der Waals surface area contributed by atoms with Crippen LogP contribution in [-0.2, 0) is 28.0 Å². The Labute approximate surface area is 271 Å². The molecule has 0 fully saturated rings. The third-order valence-electron chi connectivity index (χ3n) is 6.40. The van der Waals surface area contributed by atoms with Gasteiger partial charge in [-0.3, -0.25) is 19.3 Å². The number of fused-ring (bicyclic) bond motifs is 1. The predicted molar refractivity (Wildman–Crippen MR) is 166 cm³/mol. The Kier molecular flexibility index (Phi) is 12.6. The summed E-state index contributed by atoms with van der Waals surface area (Å²) in [6, 6.07) is 9.58. The normalized spacial score (nSPS) is 12.5. The number of nitriles is 1. The number of hydrogen-bond donors (Lipinski definition) is 1. The number of methoxy groups -OCH3 is 2. The van der Waals surface area contributed by atoms with E-state index in [1.165, 1.54) is 23.3 Å². The fourth-order valence-electron chi connectivity index (χ4n) is 4.30. The van der Waals surface area contributed by atoms with Crippen LogP contribution < -0.4 is 15.2 Å². The molecule has 4 rings (SSSR count). The van der Waals surface area contributed by atoms with Crippen LogP contribution in [0.5, 0.6) is 5.75 Å². The zero-order valence-electron chi connectivity index (χ0n) is 23.8. The lowest BCUT2D eigenvalue weighted by Crippen LogP contribution is -2.24. The van der Waals surface area contributed by atoms with Gasteiger partial charge in [-0.25, -0.2) is 0 Å². The number of H-pyrrole nitrogens is 1. The number of hydrogen-bond acceptors (Lipinski definition) is 8. The van der Waals surface area contributed by atoms with E-state index >= 15 is 0 Å². The van der Waals surface area contributed by atoms with Gasteiger partial charge < -0.3 is 19.4 Å². The molecule has 44 heavy (non-hydrogen) atoms. The topological polar surface area (TPSA) is 116 Å². The smallest absolute Gasteiger partial charge is 0.362 e. The van der Waals surface area contributed by atoms with Crippen LogP contribution >= 0.6 is 46.6 Å². The van der Waals surface area contributed by atoms with Crippen molar-refractivity contribution in [1.82, 2.24) is 9.88 Å². The first-order valence-electron chi connectivity index (χ1n) is 12.8. The molecule has 0 aliphatic carbocycles. The molecule has 1 amide bonds. The third-order valence-corrected chi connectivity index (χ3v) is 8.73. The van der Waals surface area contributed by atoms with Gasteiger partial charge in [0.05, 0.1) is 38.9 Å². The number of halogens is 5. The molecular formula is C29H27Cl3F2N4O5S. The van der Waals surface area contributed by atoms with Crippen LogP contribution in [0.2, 0.25) is 10.0 Å². The number of alkyl halides is 3. The number of aromatic amines is 1. The molecule has 1 N–H and O–H groups in total. The van der Waals surface area contributed by atoms with Crippen molar-refractivity contribution in [1.29, 1.82) is 5.26 Å². The first kappa shape index (κ1) is 35.3. The maximum atomic E-state index is 13.3. The highest BCUT2D eigenvalue weighted by atomic mass is 35.5. The highest BCUT2D eigenvalue weighted by Crippen LogP contribution is 2.42. The number of benzene rings is 2. The number of aldehydes is 1. The Morgan fingerprint density at radius 1 is 1.18 bits per heavy atom. The van der Waals surface area contributed by atoms with Gasteiger partial charge in [-0.15, -0.1) is 0 Å². The van der Waals surface area contributed by atoms with Crippen LogP contribution in [0.3, 0.4) is 0 Å². The predicted octanol–water partition coefficient (Wildman–Crippen LogP) is 6.45. The van der Waals surface area contributed by atoms with Crippen molar-refractivity contribution in [3.8, 4) is 11.8 Å². The van der Waals surface area contributed by atoms with Crippen molar-refractivity contribution in [2.24, 2.45) is 0 Å². The molecule has 1 aliphatic heterocycles. The van der Waals surface area contributed by atoms with Gasteiger partial charge in [0, 0.05) is 38.2 Å². The Morgan fingerprint density at radius 2 is 1.86 bits per heavy atom. The molecule has 0 atom stereocenters. The lowest BCUT2D eigenvalue weighted by Gasteiger charge is -2.21. The number of rotatable bonds is 11. The monoisotopic (exact) mass is 686 g/mol. The highest BCUT2D eigenvalue weighted by molar-refractivity contribution is 7.99. The molecule has 15 heteroatoms. The number of nitrogens with zero attached hydrogens (tertiary/aromatic N) is 3. The Hall–Kier alpha value is -3.18. The lowest BCUT2D eigenvalue weighted by molar-refractivity contribution is -0.107. The molecular weight excluding hydrogens is 661 g/mol. The van der Waals surface area contributed by atoms with Crippen molar-refractivity contribution >= 4 is 64.9 Å². The number of ether oxygens (including phenoxy) is 2. The average molecular weight is 688 g/mol. The van der Waals surface area contributed by atoms with Gasteiger partial charge in [0.1, 0.15) is 17.5 Å². The number of carbonyl (C=O) groups excluding carboxylic acids is 2. The summed E-state index contributed by atoms with van der Waals surface area (Å²) in [5.74, 6) is 0.753. The van der Waals surface area contributed by atoms with Crippen molar-refractivity contribution in [3.63, 3.8) is 0 Å². The number of amides is 1. The molecule has 0 spiro atoms. The molecule has 3 aromatic rings. The van der Waals surface area contributed by atoms with Crippen LogP contribution in [0.4, 0.5) is 14.5 Å². The zero-order chi connectivity index (χ0) is 32.6. The summed E-state index contributed by atoms with van der Waals surface area (Å²) in [5, 5.41) is 5.25. The van der Waals surface area contributed by atoms with E-state index in [0.717, 1.165) is 43.4 Å². The maximum absolute atomic E-state index is 13.3. The molecule has 2 aromatic carbocycles. The molecule has 0 radical (unpaired) electrons. The van der Waals surface area contributed by atoms with Crippen LogP contribution in [0, 0.1) is 11.3 Å². The summed E-state index contributed by atoms with van der Waals surface area (Å²) in [7, 11) is 5.39. The number of aromatic nitrogens is 1. The van der Waals surface area contributed by atoms with E-state index in [-0.39, 0.29) is 37.2 Å². The van der Waals surface area contributed by atoms with E-state index < -0.39 is 16.6 Å². The minimum atomic E-state index is -3.84. The fraction of sp³-hybridized carbons (Fsp3) is 0.310. The van der Waals surface area contributed by atoms with E-state index in [9.17, 15) is 23.2 Å². The van der Waals surface area contributed by atoms with Gasteiger partial charge in [-0.05, 0) is 66.5 Å². The summed E-state index contributed by atoms with van der Waals surface area (Å²) >= 11 is 17.7. The second kappa shape index (κ2) is 15.7. The average Bonchev–Trinajstić information content (AvgIpc) is 3.35. The van der Waals surface area contributed by atoms with Crippen molar-refractivity contribution in [2.75, 3.05) is 39.3 Å². The van der Waals surface area contributed by atoms with Crippen LogP contribution in [0.15, 0.2) is 44.9 Å². The maximum Gasteiger partial charge on any atom is 0.362 e. The molecule has 0 saturated heterocycles. The van der Waals surface area contributed by atoms with Crippen LogP contribution in [0.25, 0.3) is 0 Å². The summed E-state index contributed by atoms with van der Waals surface area (Å²) in [6.07, 6.45) is 1.88. The number of nitrogens with one attached hydrogen (secondary N) is 1. The highest BCUT2D eigenvalue weighted by Gasteiger charge is 2.31. The minimum absolute atomic E-state index is 0.0219. The van der Waals surface area contributed by atoms with Crippen LogP contribution in [-0.4, -0.2) is 57.0 Å². The molecule has 2 heterocycles. The van der Waals surface area contributed by atoms with E-state index in [4.69, 9.17) is 49.5 Å². The second-order valence-electron chi connectivity index (χ2n) is 9.47. The third kappa shape index (κ3) is 8.50. The van der Waals surface area contributed by atoms with Gasteiger partial charge in [0.2, 0.25) is 6.41 Å². The van der Waals surface area contributed by atoms with E-state index in [1.807, 2.05) is 17.1 Å². The zero-order valence-corrected chi connectivity index (χ0v) is 26.8. The van der Waals surface area contributed by atoms with E-state index in [2.05, 4.69) is 18.0 Å². The van der Waals surface area contributed by atoms with Gasteiger partial charge >= 0.3 is 5.38 Å². The molecule has 1 aliphatic rings. The van der Waals surface area contributed by atoms with Gasteiger partial charge in [-0.2, -0.15) is 14.0 Å². The molecule has 0 bridgehead atoms. The summed E-state index contributed by atoms with van der Waals surface area (Å²) in [6.45, 7) is 3.11. The molecule has 9 nitrogen and oxygen atoms in total. The van der Waals surface area contributed by atoms with Crippen molar-refractivity contribution in [3.05, 3.63) is 78.7 Å². The summed E-state index contributed by atoms with van der Waals surface area (Å²) < 4.78 is 37.0. The van der Waals surface area contributed by atoms with Gasteiger partial charge in [0.25, 0.3) is 5.56 Å². The first-order valence-corrected chi connectivity index (χ1v) is 14.8. The Morgan fingerprint density at radius 3 is 2.43 bits per heavy atom. The molecule has 1 aromatic heterocycles. The van der Waals surface area contributed by atoms with Crippen molar-refractivity contribution < 1.29 is 27.8 Å². The van der Waals surface area contributed by atoms with E-state index in [0.29, 0.717) is 24.9 Å². The fourth-order valence-corrected chi connectivity index (χ4v) is 6.06. The minimum Gasteiger partial charge on any atom is -0.495 e. The molecule has 0 unspecified atom stereocenters. The van der Waals surface area contributed by atoms with Gasteiger partial charge in [-0.1, -0.05) is 35.0 Å². The van der Waals surface area contributed by atoms with Crippen LogP contribution in [0.1, 0.15) is 39.2 Å². The summed E-state index contributed by atoms with van der Waals surface area (Å²) in [5.41, 5.74) is 1.17. The van der Waals surface area contributed by atoms with Gasteiger partial charge in [0.15, 0.2) is 6.29 Å². The number of anilines is 1. The second-order valence-corrected chi connectivity index (χ2v) is 11.8. The Bertz CT molecular complexity index is 1630. The first-order chi connectivity index (χ1) is 20.9. The number of pyridine rings is 1. The Balaban J connectivity index is 0.000000244.